The summed E-state index contributed by atoms with van der Waals surface area (Å²) in [6.45, 7) is 4.21. The fourth-order valence-electron chi connectivity index (χ4n) is 3.45. The Morgan fingerprint density at radius 2 is 2.00 bits per heavy atom. The Morgan fingerprint density at radius 3 is 2.67 bits per heavy atom. The smallest absolute Gasteiger partial charge is 0.293 e. The average Bonchev–Trinajstić information content (AvgIpc) is 3.18. The van der Waals surface area contributed by atoms with Crippen LogP contribution in [-0.4, -0.2) is 39.1 Å². The maximum atomic E-state index is 6.40. The van der Waals surface area contributed by atoms with Gasteiger partial charge in [-0.2, -0.15) is 9.36 Å². The molecule has 0 unspecified atom stereocenters. The van der Waals surface area contributed by atoms with Crippen molar-refractivity contribution in [2.45, 2.75) is 64.9 Å². The maximum absolute atomic E-state index is 6.40. The topological polar surface area (TPSA) is 112 Å². The number of hydrazine groups is 1. The number of pyridine rings is 1. The monoisotopic (exact) mass is 432 g/mol. The largest absolute Gasteiger partial charge is 0.489 e. The number of likely N-dealkylation sites (N-methyl/N-ethyl adjacent to an activating group) is 1. The summed E-state index contributed by atoms with van der Waals surface area (Å²) in [6.07, 6.45) is 8.07. The van der Waals surface area contributed by atoms with Crippen molar-refractivity contribution in [3.8, 4) is 10.9 Å². The molecule has 1 aliphatic rings. The standard InChI is InChI=1S/C21H32N6O2S/c1-4-8-19-25-21(30-26-19)28-13-17(27(3)23)20(22)16-11-12-18(14(2)24-16)29-15-9-6-5-7-10-15/h11-12,15H,4-10,13,22-23H2,1-3H3/b20-17-. The van der Waals surface area contributed by atoms with E-state index in [0.29, 0.717) is 22.3 Å². The molecule has 0 radical (unpaired) electrons. The van der Waals surface area contributed by atoms with E-state index in [-0.39, 0.29) is 12.7 Å². The lowest BCUT2D eigenvalue weighted by molar-refractivity contribution is 0.153. The number of ether oxygens (including phenoxy) is 2. The highest BCUT2D eigenvalue weighted by molar-refractivity contribution is 7.07. The fourth-order valence-corrected chi connectivity index (χ4v) is 4.03. The molecular formula is C21H32N6O2S. The van der Waals surface area contributed by atoms with Crippen molar-refractivity contribution in [2.75, 3.05) is 13.7 Å². The van der Waals surface area contributed by atoms with Crippen LogP contribution < -0.4 is 21.1 Å². The van der Waals surface area contributed by atoms with E-state index in [0.717, 1.165) is 43.0 Å². The van der Waals surface area contributed by atoms with E-state index in [1.54, 1.807) is 7.05 Å². The molecular weight excluding hydrogens is 400 g/mol. The van der Waals surface area contributed by atoms with Gasteiger partial charge in [0.1, 0.15) is 18.2 Å². The SMILES string of the molecule is CCCc1nsc(OC/C(=C(/N)c2ccc(OC3CCCCC3)c(C)n2)N(C)N)n1. The molecule has 164 valence electrons. The molecule has 0 aromatic carbocycles. The van der Waals surface area contributed by atoms with Crippen LogP contribution in [-0.2, 0) is 6.42 Å². The molecule has 2 aromatic rings. The van der Waals surface area contributed by atoms with E-state index in [2.05, 4.69) is 21.3 Å². The summed E-state index contributed by atoms with van der Waals surface area (Å²) in [5.41, 5.74) is 8.94. The van der Waals surface area contributed by atoms with Gasteiger partial charge in [-0.1, -0.05) is 13.3 Å². The summed E-state index contributed by atoms with van der Waals surface area (Å²) in [5, 5.41) is 1.96. The Bertz CT molecular complexity index is 861. The minimum absolute atomic E-state index is 0.181. The molecule has 2 heterocycles. The normalized spacial score (nSPS) is 15.6. The van der Waals surface area contributed by atoms with Crippen LogP contribution in [0.3, 0.4) is 0 Å². The summed E-state index contributed by atoms with van der Waals surface area (Å²) in [6, 6.07) is 3.81. The van der Waals surface area contributed by atoms with Gasteiger partial charge in [0.2, 0.25) is 0 Å². The Balaban J connectivity index is 1.72. The second-order valence-corrected chi connectivity index (χ2v) is 8.36. The van der Waals surface area contributed by atoms with E-state index in [4.69, 9.17) is 21.1 Å². The first kappa shape index (κ1) is 22.3. The Kier molecular flexibility index (Phi) is 7.87. The molecule has 9 heteroatoms. The maximum Gasteiger partial charge on any atom is 0.293 e. The second-order valence-electron chi connectivity index (χ2n) is 7.64. The zero-order valence-electron chi connectivity index (χ0n) is 18.1. The predicted octanol–water partition coefficient (Wildman–Crippen LogP) is 3.42. The van der Waals surface area contributed by atoms with Gasteiger partial charge in [-0.15, -0.1) is 0 Å². The van der Waals surface area contributed by atoms with Crippen LogP contribution in [0.25, 0.3) is 5.70 Å². The van der Waals surface area contributed by atoms with E-state index in [1.165, 1.54) is 35.8 Å². The van der Waals surface area contributed by atoms with Crippen molar-refractivity contribution < 1.29 is 9.47 Å². The van der Waals surface area contributed by atoms with Crippen LogP contribution in [0.2, 0.25) is 0 Å². The van der Waals surface area contributed by atoms with Crippen molar-refractivity contribution in [3.63, 3.8) is 0 Å². The van der Waals surface area contributed by atoms with Crippen LogP contribution in [0, 0.1) is 6.92 Å². The van der Waals surface area contributed by atoms with Gasteiger partial charge in [-0.3, -0.25) is 0 Å². The third-order valence-corrected chi connectivity index (χ3v) is 5.82. The van der Waals surface area contributed by atoms with Gasteiger partial charge in [0, 0.05) is 25.0 Å². The molecule has 2 aromatic heterocycles. The van der Waals surface area contributed by atoms with E-state index in [9.17, 15) is 0 Å². The van der Waals surface area contributed by atoms with Crippen LogP contribution in [0.4, 0.5) is 0 Å². The molecule has 30 heavy (non-hydrogen) atoms. The number of aromatic nitrogens is 3. The third kappa shape index (κ3) is 5.82. The molecule has 0 atom stereocenters. The number of hydrogen-bond acceptors (Lipinski definition) is 9. The molecule has 0 amide bonds. The lowest BCUT2D eigenvalue weighted by atomic mass is 9.98. The number of aryl methyl sites for hydroxylation is 2. The highest BCUT2D eigenvalue weighted by atomic mass is 32.1. The summed E-state index contributed by atoms with van der Waals surface area (Å²) < 4.78 is 16.2. The molecule has 4 N–H and O–H groups in total. The first-order chi connectivity index (χ1) is 14.5. The van der Waals surface area contributed by atoms with Crippen LogP contribution in [0.5, 0.6) is 10.9 Å². The molecule has 0 aliphatic heterocycles. The van der Waals surface area contributed by atoms with Crippen LogP contribution in [0.1, 0.15) is 62.7 Å². The first-order valence-corrected chi connectivity index (χ1v) is 11.3. The molecule has 8 nitrogen and oxygen atoms in total. The van der Waals surface area contributed by atoms with E-state index >= 15 is 0 Å². The number of hydrogen-bond donors (Lipinski definition) is 2. The van der Waals surface area contributed by atoms with Crippen molar-refractivity contribution >= 4 is 17.2 Å². The highest BCUT2D eigenvalue weighted by Gasteiger charge is 2.18. The lowest BCUT2D eigenvalue weighted by Crippen LogP contribution is -2.31. The van der Waals surface area contributed by atoms with Gasteiger partial charge in [-0.05, 0) is 51.2 Å². The molecule has 1 saturated carbocycles. The minimum Gasteiger partial charge on any atom is -0.489 e. The molecule has 3 rings (SSSR count). The van der Waals surface area contributed by atoms with Crippen LogP contribution >= 0.6 is 11.5 Å². The summed E-state index contributed by atoms with van der Waals surface area (Å²) >= 11 is 1.23. The summed E-state index contributed by atoms with van der Waals surface area (Å²) in [4.78, 5) is 9.03. The first-order valence-electron chi connectivity index (χ1n) is 10.5. The predicted molar refractivity (Wildman–Crippen MR) is 119 cm³/mol. The summed E-state index contributed by atoms with van der Waals surface area (Å²) in [5.74, 6) is 7.62. The zero-order chi connectivity index (χ0) is 21.5. The summed E-state index contributed by atoms with van der Waals surface area (Å²) in [7, 11) is 1.72. The number of nitrogens with two attached hydrogens (primary N) is 2. The molecule has 0 bridgehead atoms. The lowest BCUT2D eigenvalue weighted by Gasteiger charge is -2.24. The number of nitrogens with zero attached hydrogens (tertiary/aromatic N) is 4. The fraction of sp³-hybridized carbons (Fsp3) is 0.571. The molecule has 0 spiro atoms. The van der Waals surface area contributed by atoms with Crippen molar-refractivity contribution in [1.29, 1.82) is 0 Å². The molecule has 1 fully saturated rings. The Hall–Kier alpha value is -2.39. The quantitative estimate of drug-likeness (QED) is 0.458. The minimum atomic E-state index is 0.181. The van der Waals surface area contributed by atoms with Gasteiger partial charge >= 0.3 is 0 Å². The Morgan fingerprint density at radius 1 is 1.23 bits per heavy atom. The second kappa shape index (κ2) is 10.6. The van der Waals surface area contributed by atoms with Gasteiger partial charge in [-0.25, -0.2) is 10.8 Å². The average molecular weight is 433 g/mol. The zero-order valence-corrected chi connectivity index (χ0v) is 18.9. The van der Waals surface area contributed by atoms with Gasteiger partial charge in [0.25, 0.3) is 5.19 Å². The van der Waals surface area contributed by atoms with Gasteiger partial charge < -0.3 is 20.2 Å². The Labute approximate surface area is 182 Å². The van der Waals surface area contributed by atoms with E-state index < -0.39 is 0 Å². The third-order valence-electron chi connectivity index (χ3n) is 5.15. The van der Waals surface area contributed by atoms with Crippen LogP contribution in [0.15, 0.2) is 17.8 Å². The van der Waals surface area contributed by atoms with E-state index in [1.807, 2.05) is 19.1 Å². The van der Waals surface area contributed by atoms with Crippen molar-refractivity contribution in [2.24, 2.45) is 11.6 Å². The molecule has 1 aliphatic carbocycles. The van der Waals surface area contributed by atoms with Crippen molar-refractivity contribution in [1.82, 2.24) is 19.4 Å². The number of rotatable bonds is 9. The van der Waals surface area contributed by atoms with Gasteiger partial charge in [0.15, 0.2) is 0 Å². The van der Waals surface area contributed by atoms with Gasteiger partial charge in [0.05, 0.1) is 28.9 Å². The molecule has 0 saturated heterocycles. The van der Waals surface area contributed by atoms with Crippen molar-refractivity contribution in [3.05, 3.63) is 35.0 Å². The highest BCUT2D eigenvalue weighted by Crippen LogP contribution is 2.26.